The van der Waals surface area contributed by atoms with Gasteiger partial charge in [0.05, 0.1) is 6.10 Å². The van der Waals surface area contributed by atoms with Crippen LogP contribution in [0.4, 0.5) is 4.79 Å². The third-order valence-corrected chi connectivity index (χ3v) is 3.55. The van der Waals surface area contributed by atoms with Crippen LogP contribution in [0.5, 0.6) is 0 Å². The number of ether oxygens (including phenoxy) is 1. The van der Waals surface area contributed by atoms with Crippen molar-refractivity contribution in [3.8, 4) is 0 Å². The summed E-state index contributed by atoms with van der Waals surface area (Å²) in [7, 11) is 3.27. The highest BCUT2D eigenvalue weighted by molar-refractivity contribution is 6.31. The second-order valence-corrected chi connectivity index (χ2v) is 5.40. The van der Waals surface area contributed by atoms with Gasteiger partial charge in [0.25, 0.3) is 0 Å². The number of carbonyl (C=O) groups excluding carboxylic acids is 1. The molecule has 0 aromatic heterocycles. The fourth-order valence-corrected chi connectivity index (χ4v) is 2.11. The van der Waals surface area contributed by atoms with E-state index in [9.17, 15) is 9.90 Å². The van der Waals surface area contributed by atoms with Gasteiger partial charge in [-0.2, -0.15) is 0 Å². The van der Waals surface area contributed by atoms with Crippen molar-refractivity contribution in [1.82, 2.24) is 10.2 Å². The number of aliphatic hydroxyl groups excluding tert-OH is 1. The molecule has 0 radical (unpaired) electrons. The molecule has 0 saturated carbocycles. The van der Waals surface area contributed by atoms with Gasteiger partial charge < -0.3 is 20.1 Å². The van der Waals surface area contributed by atoms with Crippen LogP contribution in [0.1, 0.15) is 25.0 Å². The van der Waals surface area contributed by atoms with Crippen LogP contribution in [0, 0.1) is 0 Å². The number of amides is 2. The average Bonchev–Trinajstić information content (AvgIpc) is 2.46. The van der Waals surface area contributed by atoms with Crippen LogP contribution in [0.2, 0.25) is 5.02 Å². The summed E-state index contributed by atoms with van der Waals surface area (Å²) < 4.78 is 5.39. The molecule has 1 aromatic rings. The summed E-state index contributed by atoms with van der Waals surface area (Å²) in [5.74, 6) is 0. The van der Waals surface area contributed by atoms with Crippen molar-refractivity contribution in [3.63, 3.8) is 0 Å². The Labute approximate surface area is 130 Å². The smallest absolute Gasteiger partial charge is 0.317 e. The van der Waals surface area contributed by atoms with Gasteiger partial charge in [0.15, 0.2) is 0 Å². The van der Waals surface area contributed by atoms with Gasteiger partial charge in [-0.25, -0.2) is 4.79 Å². The third kappa shape index (κ3) is 5.91. The molecule has 2 amide bonds. The molecule has 118 valence electrons. The molecule has 0 aliphatic carbocycles. The lowest BCUT2D eigenvalue weighted by atomic mass is 10.1. The van der Waals surface area contributed by atoms with Crippen LogP contribution in [0.3, 0.4) is 0 Å². The van der Waals surface area contributed by atoms with Crippen molar-refractivity contribution in [3.05, 3.63) is 34.9 Å². The fraction of sp³-hybridized carbons (Fsp3) is 0.533. The second-order valence-electron chi connectivity index (χ2n) is 4.99. The molecular weight excluding hydrogens is 292 g/mol. The minimum Gasteiger partial charge on any atom is -0.393 e. The molecule has 21 heavy (non-hydrogen) atoms. The molecule has 0 saturated heterocycles. The maximum absolute atomic E-state index is 11.9. The quantitative estimate of drug-likeness (QED) is 0.812. The summed E-state index contributed by atoms with van der Waals surface area (Å²) in [6.07, 6.45) is -0.176. The Morgan fingerprint density at radius 1 is 1.48 bits per heavy atom. The van der Waals surface area contributed by atoms with E-state index in [4.69, 9.17) is 16.3 Å². The number of hydrogen-bond acceptors (Lipinski definition) is 3. The van der Waals surface area contributed by atoms with Crippen LogP contribution in [0.25, 0.3) is 0 Å². The standard InChI is InChI=1S/C15H23ClN2O3/c1-11(19)8-9-18(2)15(20)17-10-14(21-3)12-6-4-5-7-13(12)16/h4-7,11,14,19H,8-10H2,1-3H3,(H,17,20). The molecule has 0 bridgehead atoms. The Morgan fingerprint density at radius 3 is 2.71 bits per heavy atom. The monoisotopic (exact) mass is 314 g/mol. The Hall–Kier alpha value is -1.30. The predicted octanol–water partition coefficient (Wildman–Crippen LogP) is 2.44. The molecule has 6 heteroatoms. The molecule has 1 rings (SSSR count). The summed E-state index contributed by atoms with van der Waals surface area (Å²) in [4.78, 5) is 13.5. The van der Waals surface area contributed by atoms with Crippen LogP contribution >= 0.6 is 11.6 Å². The van der Waals surface area contributed by atoms with Crippen LogP contribution < -0.4 is 5.32 Å². The highest BCUT2D eigenvalue weighted by Gasteiger charge is 2.16. The molecular formula is C15H23ClN2O3. The fourth-order valence-electron chi connectivity index (χ4n) is 1.85. The van der Waals surface area contributed by atoms with Gasteiger partial charge in [-0.15, -0.1) is 0 Å². The van der Waals surface area contributed by atoms with Crippen molar-refractivity contribution < 1.29 is 14.6 Å². The Bertz CT molecular complexity index is 454. The molecule has 0 aliphatic rings. The summed E-state index contributed by atoms with van der Waals surface area (Å²) in [5, 5.41) is 12.6. The molecule has 0 fully saturated rings. The van der Waals surface area contributed by atoms with Crippen molar-refractivity contribution >= 4 is 17.6 Å². The first kappa shape index (κ1) is 17.8. The molecule has 2 unspecified atom stereocenters. The van der Waals surface area contributed by atoms with E-state index in [1.54, 1.807) is 27.1 Å². The van der Waals surface area contributed by atoms with E-state index in [0.29, 0.717) is 24.5 Å². The van der Waals surface area contributed by atoms with Gasteiger partial charge >= 0.3 is 6.03 Å². The van der Waals surface area contributed by atoms with Crippen LogP contribution in [-0.2, 0) is 4.74 Å². The van der Waals surface area contributed by atoms with Gasteiger partial charge in [0.2, 0.25) is 0 Å². The van der Waals surface area contributed by atoms with Crippen molar-refractivity contribution in [2.24, 2.45) is 0 Å². The number of nitrogens with zero attached hydrogens (tertiary/aromatic N) is 1. The van der Waals surface area contributed by atoms with Gasteiger partial charge in [-0.05, 0) is 19.4 Å². The zero-order valence-electron chi connectivity index (χ0n) is 12.7. The average molecular weight is 315 g/mol. The lowest BCUT2D eigenvalue weighted by Crippen LogP contribution is -2.40. The van der Waals surface area contributed by atoms with Crippen LogP contribution in [-0.4, -0.2) is 49.4 Å². The molecule has 1 aromatic carbocycles. The summed E-state index contributed by atoms with van der Waals surface area (Å²) in [6, 6.07) is 7.19. The first-order valence-corrected chi connectivity index (χ1v) is 7.27. The van der Waals surface area contributed by atoms with E-state index in [1.165, 1.54) is 4.90 Å². The lowest BCUT2D eigenvalue weighted by molar-refractivity contribution is 0.101. The van der Waals surface area contributed by atoms with Crippen molar-refractivity contribution in [2.75, 3.05) is 27.2 Å². The Morgan fingerprint density at radius 2 is 2.14 bits per heavy atom. The predicted molar refractivity (Wildman–Crippen MR) is 83.5 cm³/mol. The van der Waals surface area contributed by atoms with Crippen molar-refractivity contribution in [2.45, 2.75) is 25.6 Å². The number of benzene rings is 1. The first-order chi connectivity index (χ1) is 9.95. The van der Waals surface area contributed by atoms with Gasteiger partial charge in [-0.1, -0.05) is 29.8 Å². The molecule has 0 heterocycles. The maximum atomic E-state index is 11.9. The molecule has 0 spiro atoms. The molecule has 5 nitrogen and oxygen atoms in total. The third-order valence-electron chi connectivity index (χ3n) is 3.20. The number of methoxy groups -OCH3 is 1. The largest absolute Gasteiger partial charge is 0.393 e. The molecule has 0 aliphatic heterocycles. The Kier molecular flexibility index (Phi) is 7.50. The zero-order chi connectivity index (χ0) is 15.8. The van der Waals surface area contributed by atoms with E-state index in [0.717, 1.165) is 5.56 Å². The Balaban J connectivity index is 2.52. The van der Waals surface area contributed by atoms with E-state index >= 15 is 0 Å². The maximum Gasteiger partial charge on any atom is 0.317 e. The zero-order valence-corrected chi connectivity index (χ0v) is 13.4. The number of nitrogens with one attached hydrogen (secondary N) is 1. The lowest BCUT2D eigenvalue weighted by Gasteiger charge is -2.22. The number of hydrogen-bond donors (Lipinski definition) is 2. The number of aliphatic hydroxyl groups is 1. The van der Waals surface area contributed by atoms with E-state index in [-0.39, 0.29) is 12.1 Å². The molecule has 2 N–H and O–H groups in total. The minimum absolute atomic E-state index is 0.204. The number of halogens is 1. The highest BCUT2D eigenvalue weighted by atomic mass is 35.5. The van der Waals surface area contributed by atoms with Gasteiger partial charge in [0.1, 0.15) is 6.10 Å². The SMILES string of the molecule is COC(CNC(=O)N(C)CCC(C)O)c1ccccc1Cl. The second kappa shape index (κ2) is 8.87. The summed E-state index contributed by atoms with van der Waals surface area (Å²) in [5.41, 5.74) is 0.841. The van der Waals surface area contributed by atoms with E-state index < -0.39 is 6.10 Å². The number of carbonyl (C=O) groups is 1. The normalized spacial score (nSPS) is 13.6. The minimum atomic E-state index is -0.421. The van der Waals surface area contributed by atoms with Gasteiger partial charge in [-0.3, -0.25) is 0 Å². The van der Waals surface area contributed by atoms with Gasteiger partial charge in [0, 0.05) is 37.8 Å². The molecule has 2 atom stereocenters. The number of rotatable bonds is 7. The van der Waals surface area contributed by atoms with E-state index in [2.05, 4.69) is 5.32 Å². The van der Waals surface area contributed by atoms with Crippen LogP contribution in [0.15, 0.2) is 24.3 Å². The topological polar surface area (TPSA) is 61.8 Å². The first-order valence-electron chi connectivity index (χ1n) is 6.90. The summed E-state index contributed by atoms with van der Waals surface area (Å²) in [6.45, 7) is 2.52. The van der Waals surface area contributed by atoms with Crippen molar-refractivity contribution in [1.29, 1.82) is 0 Å². The number of urea groups is 1. The summed E-state index contributed by atoms with van der Waals surface area (Å²) >= 11 is 6.13. The van der Waals surface area contributed by atoms with E-state index in [1.807, 2.05) is 18.2 Å². The highest BCUT2D eigenvalue weighted by Crippen LogP contribution is 2.24.